The zero-order valence-corrected chi connectivity index (χ0v) is 17.0. The van der Waals surface area contributed by atoms with E-state index in [1.165, 1.54) is 23.9 Å². The van der Waals surface area contributed by atoms with Crippen LogP contribution in [0.4, 0.5) is 0 Å². The van der Waals surface area contributed by atoms with Gasteiger partial charge in [0.1, 0.15) is 0 Å². The Bertz CT molecular complexity index is 779. The summed E-state index contributed by atoms with van der Waals surface area (Å²) >= 11 is 1.44. The van der Waals surface area contributed by atoms with Crippen LogP contribution in [0.1, 0.15) is 12.4 Å². The van der Waals surface area contributed by atoms with E-state index in [0.717, 1.165) is 14.7 Å². The molecule has 0 spiro atoms. The first-order valence-corrected chi connectivity index (χ1v) is 10.0. The number of hydrogen-bond acceptors (Lipinski definition) is 5. The number of aliphatic hydroxyl groups is 1. The summed E-state index contributed by atoms with van der Waals surface area (Å²) in [5, 5.41) is 9.45. The minimum absolute atomic E-state index is 0. The van der Waals surface area contributed by atoms with Crippen molar-refractivity contribution in [2.45, 2.75) is 20.1 Å². The van der Waals surface area contributed by atoms with Crippen LogP contribution in [0.25, 0.3) is 0 Å². The molecule has 2 aromatic rings. The maximum atomic E-state index is 11.3. The van der Waals surface area contributed by atoms with E-state index in [-0.39, 0.29) is 36.5 Å². The largest absolute Gasteiger partial charge is 1.00 e. The third-order valence-electron chi connectivity index (χ3n) is 2.84. The summed E-state index contributed by atoms with van der Waals surface area (Å²) in [7, 11) is -5.54. The molecule has 0 radical (unpaired) electrons. The second-order valence-electron chi connectivity index (χ2n) is 4.46. The van der Waals surface area contributed by atoms with Crippen LogP contribution in [0, 0.1) is 0 Å². The van der Waals surface area contributed by atoms with Crippen LogP contribution >= 0.6 is 11.8 Å². The van der Waals surface area contributed by atoms with E-state index >= 15 is 0 Å². The summed E-state index contributed by atoms with van der Waals surface area (Å²) in [4.78, 5) is 2.53. The number of benzene rings is 2. The van der Waals surface area contributed by atoms with Crippen LogP contribution in [0.5, 0.6) is 0 Å². The van der Waals surface area contributed by atoms with Crippen LogP contribution in [0.15, 0.2) is 63.2 Å². The van der Waals surface area contributed by atoms with Crippen LogP contribution in [-0.2, 0) is 20.9 Å². The molecule has 2 unspecified atom stereocenters. The van der Waals surface area contributed by atoms with Gasteiger partial charge in [-0.3, -0.25) is 8.76 Å². The van der Waals surface area contributed by atoms with E-state index in [1.54, 1.807) is 30.5 Å². The summed E-state index contributed by atoms with van der Waals surface area (Å²) in [6.07, 6.45) is 1.61. The fraction of sp³-hybridized carbons (Fsp3) is 0.143. The van der Waals surface area contributed by atoms with Gasteiger partial charge in [-0.15, -0.1) is 0 Å². The standard InChI is InChI=1S/C14H14O5S3.Na.H/c1-21(16)13-8-6-12(7-9-13)20-11-4-2-10(3-5-11)14(15)22(17,18)19;;/h2-9,14-15H,1H3,(H,17,18,19);;/q;+1;-1. The Morgan fingerprint density at radius 2 is 1.48 bits per heavy atom. The van der Waals surface area contributed by atoms with Crippen molar-refractivity contribution in [1.82, 2.24) is 0 Å². The zero-order chi connectivity index (χ0) is 16.3. The molecule has 2 aromatic carbocycles. The number of aliphatic hydroxyl groups excluding tert-OH is 1. The van der Waals surface area contributed by atoms with Gasteiger partial charge in [0.2, 0.25) is 5.44 Å². The Balaban J connectivity index is 0.00000264. The molecular weight excluding hydrogens is 367 g/mol. The minimum Gasteiger partial charge on any atom is -1.00 e. The van der Waals surface area contributed by atoms with Gasteiger partial charge >= 0.3 is 29.6 Å². The summed E-state index contributed by atoms with van der Waals surface area (Å²) < 4.78 is 41.9. The molecule has 5 nitrogen and oxygen atoms in total. The van der Waals surface area contributed by atoms with E-state index in [4.69, 9.17) is 4.55 Å². The first kappa shape index (κ1) is 20.9. The quantitative estimate of drug-likeness (QED) is 0.539. The van der Waals surface area contributed by atoms with Crippen molar-refractivity contribution in [2.24, 2.45) is 0 Å². The minimum atomic E-state index is -4.52. The predicted molar refractivity (Wildman–Crippen MR) is 87.0 cm³/mol. The average Bonchev–Trinajstić information content (AvgIpc) is 2.47. The summed E-state index contributed by atoms with van der Waals surface area (Å²) in [6, 6.07) is 13.5. The molecule has 0 amide bonds. The normalized spacial score (nSPS) is 13.9. The van der Waals surface area contributed by atoms with Gasteiger partial charge in [-0.1, -0.05) is 23.9 Å². The van der Waals surface area contributed by atoms with Crippen molar-refractivity contribution in [3.05, 3.63) is 54.1 Å². The third-order valence-corrected chi connectivity index (χ3v) is 5.63. The topological polar surface area (TPSA) is 91.7 Å². The molecule has 120 valence electrons. The van der Waals surface area contributed by atoms with E-state index in [0.29, 0.717) is 0 Å². The molecule has 0 fully saturated rings. The van der Waals surface area contributed by atoms with Gasteiger partial charge in [-0.25, -0.2) is 0 Å². The molecule has 2 N–H and O–H groups in total. The van der Waals surface area contributed by atoms with Crippen LogP contribution in [0.2, 0.25) is 0 Å². The smallest absolute Gasteiger partial charge is 1.00 e. The SMILES string of the molecule is CS(=O)c1ccc(Sc2ccc(C(O)S(=O)(=O)O)cc2)cc1.[H-].[Na+]. The molecule has 0 saturated heterocycles. The number of rotatable bonds is 5. The molecular formula is C14H15NaO5S3. The Kier molecular flexibility index (Phi) is 7.96. The molecule has 0 saturated carbocycles. The average molecular weight is 382 g/mol. The first-order valence-electron chi connectivity index (χ1n) is 6.13. The predicted octanol–water partition coefficient (Wildman–Crippen LogP) is -0.430. The van der Waals surface area contributed by atoms with Crippen LogP contribution in [-0.4, -0.2) is 28.5 Å². The molecule has 9 heteroatoms. The molecule has 0 aliphatic rings. The van der Waals surface area contributed by atoms with Crippen LogP contribution < -0.4 is 29.6 Å². The second-order valence-corrected chi connectivity index (χ2v) is 8.47. The maximum Gasteiger partial charge on any atom is 1.00 e. The Labute approximate surface area is 165 Å². The van der Waals surface area contributed by atoms with Gasteiger partial charge in [0.15, 0.2) is 0 Å². The maximum absolute atomic E-state index is 11.3. The Morgan fingerprint density at radius 3 is 1.87 bits per heavy atom. The molecule has 2 rings (SSSR count). The molecule has 0 aliphatic carbocycles. The molecule has 0 heterocycles. The molecule has 0 aromatic heterocycles. The number of hydrogen-bond donors (Lipinski definition) is 2. The van der Waals surface area contributed by atoms with Gasteiger partial charge < -0.3 is 6.53 Å². The zero-order valence-electron chi connectivity index (χ0n) is 13.5. The Hall–Kier alpha value is -0.190. The summed E-state index contributed by atoms with van der Waals surface area (Å²) in [5.41, 5.74) is -1.84. The fourth-order valence-corrected chi connectivity index (χ4v) is 3.54. The van der Waals surface area contributed by atoms with Gasteiger partial charge in [0.05, 0.1) is 0 Å². The van der Waals surface area contributed by atoms with E-state index in [9.17, 15) is 17.7 Å². The van der Waals surface area contributed by atoms with Crippen LogP contribution in [0.3, 0.4) is 0 Å². The van der Waals surface area contributed by atoms with E-state index < -0.39 is 26.4 Å². The molecule has 0 bridgehead atoms. The summed E-state index contributed by atoms with van der Waals surface area (Å²) in [6.45, 7) is 0. The molecule has 2 atom stereocenters. The fourth-order valence-electron chi connectivity index (χ4n) is 1.71. The Morgan fingerprint density at radius 1 is 1.04 bits per heavy atom. The van der Waals surface area contributed by atoms with E-state index in [2.05, 4.69) is 0 Å². The van der Waals surface area contributed by atoms with Crippen molar-refractivity contribution in [1.29, 1.82) is 0 Å². The molecule has 0 aliphatic heterocycles. The van der Waals surface area contributed by atoms with Crippen molar-refractivity contribution in [3.63, 3.8) is 0 Å². The van der Waals surface area contributed by atoms with Gasteiger partial charge in [0, 0.05) is 31.7 Å². The van der Waals surface area contributed by atoms with Crippen molar-refractivity contribution in [3.8, 4) is 0 Å². The first-order chi connectivity index (χ1) is 10.3. The van der Waals surface area contributed by atoms with Crippen molar-refractivity contribution < 1.29 is 53.3 Å². The van der Waals surface area contributed by atoms with Crippen molar-refractivity contribution in [2.75, 3.05) is 6.26 Å². The summed E-state index contributed by atoms with van der Waals surface area (Å²) in [5.74, 6) is 0. The van der Waals surface area contributed by atoms with E-state index in [1.807, 2.05) is 12.1 Å². The van der Waals surface area contributed by atoms with Crippen molar-refractivity contribution >= 4 is 32.7 Å². The molecule has 23 heavy (non-hydrogen) atoms. The monoisotopic (exact) mass is 382 g/mol. The second kappa shape index (κ2) is 8.77. The third kappa shape index (κ3) is 5.99. The van der Waals surface area contributed by atoms with Gasteiger partial charge in [0.25, 0.3) is 10.1 Å². The van der Waals surface area contributed by atoms with Gasteiger partial charge in [-0.2, -0.15) is 8.42 Å². The van der Waals surface area contributed by atoms with Gasteiger partial charge in [-0.05, 0) is 42.0 Å².